The zero-order valence-electron chi connectivity index (χ0n) is 14.5. The van der Waals surface area contributed by atoms with Crippen LogP contribution < -0.4 is 0 Å². The molecule has 0 spiro atoms. The monoisotopic (exact) mass is 350 g/mol. The number of carbonyl (C=O) groups excluding carboxylic acids is 1. The van der Waals surface area contributed by atoms with Crippen molar-refractivity contribution >= 4 is 17.4 Å². The predicted molar refractivity (Wildman–Crippen MR) is 103 cm³/mol. The normalized spacial score (nSPS) is 26.1. The Balaban J connectivity index is 1.56. The topological polar surface area (TPSA) is 17.1 Å². The molecule has 2 heteroatoms. The molecule has 0 heterocycles. The van der Waals surface area contributed by atoms with Gasteiger partial charge in [-0.2, -0.15) is 0 Å². The van der Waals surface area contributed by atoms with Crippen LogP contribution in [0.4, 0.5) is 0 Å². The Bertz CT molecular complexity index is 818. The van der Waals surface area contributed by atoms with E-state index >= 15 is 0 Å². The van der Waals surface area contributed by atoms with E-state index in [2.05, 4.69) is 31.2 Å². The Morgan fingerprint density at radius 1 is 1.04 bits per heavy atom. The number of fused-ring (bicyclic) bond motifs is 1. The molecule has 0 fully saturated rings. The van der Waals surface area contributed by atoms with Crippen LogP contribution >= 0.6 is 11.6 Å². The zero-order chi connectivity index (χ0) is 17.4. The van der Waals surface area contributed by atoms with E-state index in [0.717, 1.165) is 36.3 Å². The van der Waals surface area contributed by atoms with E-state index in [1.807, 2.05) is 30.3 Å². The summed E-state index contributed by atoms with van der Waals surface area (Å²) in [6, 6.07) is 16.3. The van der Waals surface area contributed by atoms with Gasteiger partial charge >= 0.3 is 0 Å². The molecule has 3 atom stereocenters. The van der Waals surface area contributed by atoms with Gasteiger partial charge in [-0.15, -0.1) is 0 Å². The molecule has 0 aliphatic heterocycles. The molecule has 0 radical (unpaired) electrons. The highest BCUT2D eigenvalue weighted by Crippen LogP contribution is 2.42. The van der Waals surface area contributed by atoms with Gasteiger partial charge in [-0.25, -0.2) is 0 Å². The van der Waals surface area contributed by atoms with Gasteiger partial charge in [0.05, 0.1) is 0 Å². The largest absolute Gasteiger partial charge is 0.293 e. The number of carbonyl (C=O) groups is 1. The average molecular weight is 351 g/mol. The minimum absolute atomic E-state index is 0.0797. The second-order valence-electron chi connectivity index (χ2n) is 7.44. The smallest absolute Gasteiger partial charge is 0.170 e. The molecule has 2 aromatic carbocycles. The summed E-state index contributed by atoms with van der Waals surface area (Å²) < 4.78 is 0. The molecular formula is C23H23ClO. The molecule has 2 aromatic rings. The van der Waals surface area contributed by atoms with E-state index in [-0.39, 0.29) is 5.92 Å². The van der Waals surface area contributed by atoms with Crippen molar-refractivity contribution in [2.45, 2.75) is 38.5 Å². The van der Waals surface area contributed by atoms with Gasteiger partial charge in [0.25, 0.3) is 0 Å². The molecule has 2 aliphatic carbocycles. The van der Waals surface area contributed by atoms with E-state index in [4.69, 9.17) is 11.6 Å². The first-order valence-electron chi connectivity index (χ1n) is 9.21. The van der Waals surface area contributed by atoms with Gasteiger partial charge in [0.2, 0.25) is 0 Å². The Labute approximate surface area is 154 Å². The number of hydrogen-bond acceptors (Lipinski definition) is 1. The third-order valence-electron chi connectivity index (χ3n) is 5.89. The molecule has 0 bridgehead atoms. The van der Waals surface area contributed by atoms with Crippen molar-refractivity contribution in [2.24, 2.45) is 11.8 Å². The van der Waals surface area contributed by atoms with Gasteiger partial charge in [0.1, 0.15) is 0 Å². The fourth-order valence-electron chi connectivity index (χ4n) is 4.55. The third kappa shape index (κ3) is 3.18. The number of rotatable bonds is 2. The molecule has 0 saturated heterocycles. The molecule has 0 saturated carbocycles. The van der Waals surface area contributed by atoms with Gasteiger partial charge in [0, 0.05) is 16.5 Å². The minimum atomic E-state index is 0.0797. The summed E-state index contributed by atoms with van der Waals surface area (Å²) in [5.41, 5.74) is 4.87. The number of hydrogen-bond donors (Lipinski definition) is 0. The number of benzene rings is 2. The molecule has 128 valence electrons. The SMILES string of the molecule is C[C@@H]1CC(c2ccc(Cl)cc2)CC=C1[C@H]1CCc2ccccc2C1=O. The fourth-order valence-corrected chi connectivity index (χ4v) is 4.67. The molecule has 1 nitrogen and oxygen atoms in total. The Kier molecular flexibility index (Phi) is 4.52. The van der Waals surface area contributed by atoms with Crippen LogP contribution in [0.2, 0.25) is 5.02 Å². The van der Waals surface area contributed by atoms with Crippen molar-refractivity contribution in [3.05, 3.63) is 81.9 Å². The Morgan fingerprint density at radius 2 is 1.80 bits per heavy atom. The van der Waals surface area contributed by atoms with Gasteiger partial charge in [0.15, 0.2) is 5.78 Å². The molecule has 0 aromatic heterocycles. The molecular weight excluding hydrogens is 328 g/mol. The third-order valence-corrected chi connectivity index (χ3v) is 6.14. The van der Waals surface area contributed by atoms with Crippen molar-refractivity contribution in [3.63, 3.8) is 0 Å². The molecule has 25 heavy (non-hydrogen) atoms. The lowest BCUT2D eigenvalue weighted by Crippen LogP contribution is -2.28. The lowest BCUT2D eigenvalue weighted by Gasteiger charge is -2.34. The van der Waals surface area contributed by atoms with Crippen LogP contribution in [0.5, 0.6) is 0 Å². The van der Waals surface area contributed by atoms with Crippen molar-refractivity contribution in [2.75, 3.05) is 0 Å². The van der Waals surface area contributed by atoms with E-state index in [1.165, 1.54) is 16.7 Å². The number of allylic oxidation sites excluding steroid dienone is 2. The van der Waals surface area contributed by atoms with Crippen molar-refractivity contribution in [3.8, 4) is 0 Å². The molecule has 1 unspecified atom stereocenters. The maximum absolute atomic E-state index is 13.0. The van der Waals surface area contributed by atoms with E-state index in [9.17, 15) is 4.79 Å². The molecule has 2 aliphatic rings. The Hall–Kier alpha value is -1.86. The second kappa shape index (κ2) is 6.80. The standard InChI is InChI=1S/C23H23ClO/c1-15-14-18(16-6-10-19(24)11-7-16)9-12-20(15)22-13-8-17-4-2-3-5-21(17)23(22)25/h2-7,10-12,15,18,22H,8-9,13-14H2,1H3/t15-,18?,22-/m1/s1. The fraction of sp³-hybridized carbons (Fsp3) is 0.348. The molecule has 0 amide bonds. The van der Waals surface area contributed by atoms with Crippen LogP contribution in [0.25, 0.3) is 0 Å². The summed E-state index contributed by atoms with van der Waals surface area (Å²) >= 11 is 6.01. The summed E-state index contributed by atoms with van der Waals surface area (Å²) in [7, 11) is 0. The van der Waals surface area contributed by atoms with Crippen LogP contribution in [-0.2, 0) is 6.42 Å². The minimum Gasteiger partial charge on any atom is -0.293 e. The van der Waals surface area contributed by atoms with Gasteiger partial charge < -0.3 is 0 Å². The second-order valence-corrected chi connectivity index (χ2v) is 7.87. The number of aryl methyl sites for hydroxylation is 1. The summed E-state index contributed by atoms with van der Waals surface area (Å²) in [6.45, 7) is 2.28. The lowest BCUT2D eigenvalue weighted by molar-refractivity contribution is 0.0916. The quantitative estimate of drug-likeness (QED) is 0.587. The van der Waals surface area contributed by atoms with Crippen LogP contribution in [0, 0.1) is 11.8 Å². The van der Waals surface area contributed by atoms with E-state index in [1.54, 1.807) is 0 Å². The van der Waals surface area contributed by atoms with E-state index in [0.29, 0.717) is 17.6 Å². The first-order valence-corrected chi connectivity index (χ1v) is 9.59. The zero-order valence-corrected chi connectivity index (χ0v) is 15.3. The van der Waals surface area contributed by atoms with Gasteiger partial charge in [-0.3, -0.25) is 4.79 Å². The summed E-state index contributed by atoms with van der Waals surface area (Å²) in [6.07, 6.45) is 6.45. The molecule has 4 rings (SSSR count). The predicted octanol–water partition coefficient (Wildman–Crippen LogP) is 6.23. The van der Waals surface area contributed by atoms with Crippen molar-refractivity contribution < 1.29 is 4.79 Å². The highest BCUT2D eigenvalue weighted by Gasteiger charge is 2.34. The summed E-state index contributed by atoms with van der Waals surface area (Å²) in [5, 5.41) is 0.787. The maximum atomic E-state index is 13.0. The number of Topliss-reactive ketones (excluding diaryl/α,β-unsaturated/α-hetero) is 1. The first-order chi connectivity index (χ1) is 12.1. The summed E-state index contributed by atoms with van der Waals surface area (Å²) in [5.74, 6) is 1.39. The lowest BCUT2D eigenvalue weighted by atomic mass is 9.70. The van der Waals surface area contributed by atoms with Crippen molar-refractivity contribution in [1.82, 2.24) is 0 Å². The first kappa shape index (κ1) is 16.6. The van der Waals surface area contributed by atoms with Crippen LogP contribution in [0.3, 0.4) is 0 Å². The van der Waals surface area contributed by atoms with E-state index < -0.39 is 0 Å². The van der Waals surface area contributed by atoms with Crippen LogP contribution in [0.15, 0.2) is 60.2 Å². The van der Waals surface area contributed by atoms with Crippen molar-refractivity contribution in [1.29, 1.82) is 0 Å². The van der Waals surface area contributed by atoms with Gasteiger partial charge in [-0.1, -0.05) is 66.6 Å². The maximum Gasteiger partial charge on any atom is 0.170 e. The molecule has 0 N–H and O–H groups in total. The highest BCUT2D eigenvalue weighted by atomic mass is 35.5. The Morgan fingerprint density at radius 3 is 2.56 bits per heavy atom. The average Bonchev–Trinajstić information content (AvgIpc) is 2.63. The van der Waals surface area contributed by atoms with Crippen LogP contribution in [-0.4, -0.2) is 5.78 Å². The van der Waals surface area contributed by atoms with Gasteiger partial charge in [-0.05, 0) is 60.8 Å². The highest BCUT2D eigenvalue weighted by molar-refractivity contribution is 6.30. The number of halogens is 1. The van der Waals surface area contributed by atoms with Crippen LogP contribution in [0.1, 0.15) is 53.6 Å². The summed E-state index contributed by atoms with van der Waals surface area (Å²) in [4.78, 5) is 13.0. The number of ketones is 1.